The van der Waals surface area contributed by atoms with Crippen molar-refractivity contribution in [3.05, 3.63) is 52.8 Å². The zero-order chi connectivity index (χ0) is 15.4. The van der Waals surface area contributed by atoms with E-state index in [0.29, 0.717) is 18.1 Å². The first-order valence-corrected chi connectivity index (χ1v) is 7.11. The lowest BCUT2D eigenvalue weighted by Crippen LogP contribution is -2.30. The number of aliphatic imine (C=N–C) groups is 1. The van der Waals surface area contributed by atoms with E-state index in [2.05, 4.69) is 32.8 Å². The highest BCUT2D eigenvalue weighted by molar-refractivity contribution is 9.11. The van der Waals surface area contributed by atoms with Crippen LogP contribution in [0.2, 0.25) is 0 Å². The van der Waals surface area contributed by atoms with E-state index in [1.165, 1.54) is 0 Å². The number of benzene rings is 1. The lowest BCUT2D eigenvalue weighted by molar-refractivity contribution is 0.227. The van der Waals surface area contributed by atoms with Gasteiger partial charge in [-0.1, -0.05) is 34.6 Å². The molecule has 0 radical (unpaired) electrons. The van der Waals surface area contributed by atoms with Gasteiger partial charge in [-0.05, 0) is 24.6 Å². The summed E-state index contributed by atoms with van der Waals surface area (Å²) < 4.78 is 5.99. The van der Waals surface area contributed by atoms with E-state index >= 15 is 0 Å². The second-order valence-electron chi connectivity index (χ2n) is 4.51. The zero-order valence-corrected chi connectivity index (χ0v) is 13.5. The van der Waals surface area contributed by atoms with Gasteiger partial charge in [0.1, 0.15) is 5.75 Å². The minimum Gasteiger partial charge on any atom is -0.497 e. The van der Waals surface area contributed by atoms with Crippen molar-refractivity contribution in [3.63, 3.8) is 0 Å². The molecule has 110 valence electrons. The number of carbonyl (C=O) groups excluding carboxylic acids is 1. The second kappa shape index (κ2) is 6.58. The number of amidine groups is 1. The highest BCUT2D eigenvalue weighted by Crippen LogP contribution is 2.18. The van der Waals surface area contributed by atoms with E-state index in [0.717, 1.165) is 15.8 Å². The van der Waals surface area contributed by atoms with Crippen LogP contribution in [0, 0.1) is 0 Å². The van der Waals surface area contributed by atoms with Crippen molar-refractivity contribution in [3.8, 4) is 5.75 Å². The van der Waals surface area contributed by atoms with Gasteiger partial charge >= 0.3 is 6.03 Å². The quantitative estimate of drug-likeness (QED) is 0.905. The van der Waals surface area contributed by atoms with Gasteiger partial charge < -0.3 is 10.1 Å². The number of halogens is 1. The molecule has 1 N–H and O–H groups in total. The highest BCUT2D eigenvalue weighted by atomic mass is 79.9. The van der Waals surface area contributed by atoms with Gasteiger partial charge in [-0.2, -0.15) is 0 Å². The van der Waals surface area contributed by atoms with E-state index in [1.54, 1.807) is 18.2 Å². The van der Waals surface area contributed by atoms with Crippen molar-refractivity contribution in [1.82, 2.24) is 10.2 Å². The number of hydrogen-bond donors (Lipinski definition) is 1. The maximum absolute atomic E-state index is 12.0. The van der Waals surface area contributed by atoms with E-state index in [9.17, 15) is 4.79 Å². The Labute approximate surface area is 132 Å². The third-order valence-corrected chi connectivity index (χ3v) is 3.10. The molecule has 0 spiro atoms. The minimum atomic E-state index is -0.227. The molecule has 5 nitrogen and oxygen atoms in total. The Balaban J connectivity index is 2.22. The summed E-state index contributed by atoms with van der Waals surface area (Å²) in [4.78, 5) is 17.8. The summed E-state index contributed by atoms with van der Waals surface area (Å²) in [5.74, 6) is 1.30. The molecular formula is C15H16BrN3O2. The Bertz CT molecular complexity index is 616. The van der Waals surface area contributed by atoms with Crippen LogP contribution in [-0.4, -0.2) is 23.9 Å². The molecule has 0 aromatic heterocycles. The molecule has 0 bridgehead atoms. The Morgan fingerprint density at radius 1 is 1.48 bits per heavy atom. The Morgan fingerprint density at radius 2 is 2.14 bits per heavy atom. The number of ether oxygens (including phenoxy) is 1. The van der Waals surface area contributed by atoms with Gasteiger partial charge in [-0.25, -0.2) is 9.79 Å². The molecular weight excluding hydrogens is 334 g/mol. The number of hydrogen-bond acceptors (Lipinski definition) is 3. The number of carbonyl (C=O) groups is 1. The molecule has 0 aliphatic carbocycles. The summed E-state index contributed by atoms with van der Waals surface area (Å²) in [7, 11) is 1.62. The van der Waals surface area contributed by atoms with Crippen molar-refractivity contribution < 1.29 is 9.53 Å². The zero-order valence-electron chi connectivity index (χ0n) is 11.9. The monoisotopic (exact) mass is 349 g/mol. The van der Waals surface area contributed by atoms with Crippen LogP contribution in [0.3, 0.4) is 0 Å². The van der Waals surface area contributed by atoms with Crippen molar-refractivity contribution in [2.45, 2.75) is 13.5 Å². The summed E-state index contributed by atoms with van der Waals surface area (Å²) in [5.41, 5.74) is 1.48. The van der Waals surface area contributed by atoms with Crippen LogP contribution in [-0.2, 0) is 6.54 Å². The number of urea groups is 1. The van der Waals surface area contributed by atoms with Gasteiger partial charge in [-0.3, -0.25) is 4.90 Å². The van der Waals surface area contributed by atoms with Crippen molar-refractivity contribution >= 4 is 27.8 Å². The van der Waals surface area contributed by atoms with Gasteiger partial charge in [0.2, 0.25) is 0 Å². The molecule has 1 fully saturated rings. The third-order valence-electron chi connectivity index (χ3n) is 2.89. The van der Waals surface area contributed by atoms with Crippen molar-refractivity contribution in [2.75, 3.05) is 7.11 Å². The van der Waals surface area contributed by atoms with Gasteiger partial charge in [0.25, 0.3) is 0 Å². The fraction of sp³-hybridized carbons (Fsp3) is 0.200. The molecule has 21 heavy (non-hydrogen) atoms. The molecule has 2 amide bonds. The molecule has 6 heteroatoms. The summed E-state index contributed by atoms with van der Waals surface area (Å²) in [6, 6.07) is 7.32. The van der Waals surface area contributed by atoms with Gasteiger partial charge in [-0.15, -0.1) is 0 Å². The molecule has 0 saturated carbocycles. The van der Waals surface area contributed by atoms with E-state index < -0.39 is 0 Å². The largest absolute Gasteiger partial charge is 0.497 e. The highest BCUT2D eigenvalue weighted by Gasteiger charge is 2.30. The number of amides is 2. The molecule has 2 rings (SSSR count). The van der Waals surface area contributed by atoms with E-state index in [4.69, 9.17) is 4.74 Å². The number of allylic oxidation sites excluding steroid dienone is 1. The smallest absolute Gasteiger partial charge is 0.327 e. The third kappa shape index (κ3) is 3.72. The van der Waals surface area contributed by atoms with Crippen LogP contribution in [0.25, 0.3) is 0 Å². The molecule has 0 unspecified atom stereocenters. The van der Waals surface area contributed by atoms with Crippen LogP contribution < -0.4 is 10.1 Å². The first-order chi connectivity index (χ1) is 10.0. The lowest BCUT2D eigenvalue weighted by atomic mass is 10.2. The summed E-state index contributed by atoms with van der Waals surface area (Å²) >= 11 is 3.31. The van der Waals surface area contributed by atoms with E-state index in [1.807, 2.05) is 31.2 Å². The SMILES string of the molecule is C=C1NC(=O)N(Cc2ccc(OC)cc2)C1=N/C=C(\C)Br. The average molecular weight is 350 g/mol. The van der Waals surface area contributed by atoms with Crippen LogP contribution >= 0.6 is 15.9 Å². The Morgan fingerprint density at radius 3 is 2.71 bits per heavy atom. The minimum absolute atomic E-state index is 0.227. The number of nitrogens with zero attached hydrogens (tertiary/aromatic N) is 2. The normalized spacial score (nSPS) is 17.4. The standard InChI is InChI=1S/C15H16BrN3O2/c1-10(16)8-17-14-11(2)18-15(20)19(14)9-12-4-6-13(21-3)7-5-12/h4-8H,2,9H2,1,3H3,(H,18,20)/b10-8+,17-14?. The topological polar surface area (TPSA) is 53.9 Å². The number of methoxy groups -OCH3 is 1. The predicted molar refractivity (Wildman–Crippen MR) is 86.3 cm³/mol. The average Bonchev–Trinajstić information content (AvgIpc) is 2.72. The molecule has 1 aliphatic rings. The Hall–Kier alpha value is -2.08. The van der Waals surface area contributed by atoms with Gasteiger partial charge in [0.05, 0.1) is 19.4 Å². The number of nitrogens with one attached hydrogen (secondary N) is 1. The predicted octanol–water partition coefficient (Wildman–Crippen LogP) is 3.39. The van der Waals surface area contributed by atoms with Crippen LogP contribution in [0.1, 0.15) is 12.5 Å². The van der Waals surface area contributed by atoms with Crippen LogP contribution in [0.5, 0.6) is 5.75 Å². The van der Waals surface area contributed by atoms with Crippen LogP contribution in [0.4, 0.5) is 4.79 Å². The maximum Gasteiger partial charge on any atom is 0.327 e. The fourth-order valence-corrected chi connectivity index (χ4v) is 1.97. The summed E-state index contributed by atoms with van der Waals surface area (Å²) in [6.45, 7) is 6.10. The van der Waals surface area contributed by atoms with Crippen molar-refractivity contribution in [1.29, 1.82) is 0 Å². The van der Waals surface area contributed by atoms with Gasteiger partial charge in [0, 0.05) is 10.7 Å². The Kier molecular flexibility index (Phi) is 4.80. The molecule has 1 saturated heterocycles. The first-order valence-electron chi connectivity index (χ1n) is 6.32. The maximum atomic E-state index is 12.0. The van der Waals surface area contributed by atoms with Crippen LogP contribution in [0.15, 0.2) is 52.2 Å². The molecule has 1 heterocycles. The van der Waals surface area contributed by atoms with E-state index in [-0.39, 0.29) is 6.03 Å². The second-order valence-corrected chi connectivity index (χ2v) is 5.76. The fourth-order valence-electron chi connectivity index (χ4n) is 1.87. The molecule has 1 aromatic rings. The lowest BCUT2D eigenvalue weighted by Gasteiger charge is -2.15. The molecule has 1 aliphatic heterocycles. The van der Waals surface area contributed by atoms with Gasteiger partial charge in [0.15, 0.2) is 5.84 Å². The summed E-state index contributed by atoms with van der Waals surface area (Å²) in [6.07, 6.45) is 1.64. The molecule has 1 aromatic carbocycles. The molecule has 0 atom stereocenters. The van der Waals surface area contributed by atoms with Crippen molar-refractivity contribution in [2.24, 2.45) is 4.99 Å². The number of rotatable bonds is 4. The summed E-state index contributed by atoms with van der Waals surface area (Å²) in [5, 5.41) is 2.68. The first kappa shape index (κ1) is 15.3.